The van der Waals surface area contributed by atoms with Crippen LogP contribution in [0.4, 0.5) is 0 Å². The van der Waals surface area contributed by atoms with Gasteiger partial charge in [-0.3, -0.25) is 0 Å². The molecule has 1 aliphatic rings. The van der Waals surface area contributed by atoms with Crippen molar-refractivity contribution in [3.05, 3.63) is 18.0 Å². The van der Waals surface area contributed by atoms with Crippen molar-refractivity contribution in [3.63, 3.8) is 0 Å². The fraction of sp³-hybridized carbons (Fsp3) is 0.636. The molecular formula is C11H17N3O2. The van der Waals surface area contributed by atoms with Gasteiger partial charge in [-0.2, -0.15) is 4.98 Å². The lowest BCUT2D eigenvalue weighted by Crippen LogP contribution is -2.26. The molecule has 1 aromatic heterocycles. The van der Waals surface area contributed by atoms with Gasteiger partial charge in [0.2, 0.25) is 0 Å². The van der Waals surface area contributed by atoms with Crippen molar-refractivity contribution in [3.8, 4) is 6.01 Å². The number of hydrogen-bond donors (Lipinski definition) is 1. The molecule has 16 heavy (non-hydrogen) atoms. The van der Waals surface area contributed by atoms with Gasteiger partial charge in [-0.15, -0.1) is 0 Å². The van der Waals surface area contributed by atoms with Crippen LogP contribution in [0.2, 0.25) is 0 Å². The Morgan fingerprint density at radius 1 is 1.50 bits per heavy atom. The van der Waals surface area contributed by atoms with Crippen LogP contribution >= 0.6 is 0 Å². The maximum absolute atomic E-state index is 5.55. The molecule has 0 saturated carbocycles. The summed E-state index contributed by atoms with van der Waals surface area (Å²) in [4.78, 5) is 8.19. The zero-order valence-electron chi connectivity index (χ0n) is 9.26. The van der Waals surface area contributed by atoms with E-state index >= 15 is 0 Å². The van der Waals surface area contributed by atoms with Gasteiger partial charge in [0, 0.05) is 19.3 Å². The van der Waals surface area contributed by atoms with E-state index in [1.165, 1.54) is 6.42 Å². The molecule has 0 bridgehead atoms. The second-order valence-corrected chi connectivity index (χ2v) is 3.83. The van der Waals surface area contributed by atoms with E-state index < -0.39 is 0 Å². The van der Waals surface area contributed by atoms with Crippen LogP contribution in [-0.4, -0.2) is 29.3 Å². The molecule has 1 unspecified atom stereocenters. The van der Waals surface area contributed by atoms with Crippen LogP contribution in [0.3, 0.4) is 0 Å². The Bertz CT molecular complexity index is 327. The van der Waals surface area contributed by atoms with Gasteiger partial charge in [-0.05, 0) is 25.3 Å². The van der Waals surface area contributed by atoms with Gasteiger partial charge < -0.3 is 15.2 Å². The van der Waals surface area contributed by atoms with Gasteiger partial charge in [0.05, 0.1) is 11.8 Å². The van der Waals surface area contributed by atoms with Crippen molar-refractivity contribution in [1.29, 1.82) is 0 Å². The highest BCUT2D eigenvalue weighted by Crippen LogP contribution is 2.13. The van der Waals surface area contributed by atoms with Crippen molar-refractivity contribution in [2.75, 3.05) is 13.2 Å². The van der Waals surface area contributed by atoms with Gasteiger partial charge in [0.25, 0.3) is 0 Å². The second-order valence-electron chi connectivity index (χ2n) is 3.83. The molecule has 0 aliphatic carbocycles. The topological polar surface area (TPSA) is 70.3 Å². The van der Waals surface area contributed by atoms with E-state index in [0.717, 1.165) is 25.1 Å². The molecule has 0 spiro atoms. The lowest BCUT2D eigenvalue weighted by Gasteiger charge is -2.21. The predicted octanol–water partition coefficient (Wildman–Crippen LogP) is 0.883. The third kappa shape index (κ3) is 3.15. The minimum atomic E-state index is 0.180. The highest BCUT2D eigenvalue weighted by molar-refractivity contribution is 5.04. The van der Waals surface area contributed by atoms with Gasteiger partial charge in [-0.25, -0.2) is 4.98 Å². The van der Waals surface area contributed by atoms with E-state index in [1.807, 2.05) is 0 Å². The largest absolute Gasteiger partial charge is 0.461 e. The summed E-state index contributed by atoms with van der Waals surface area (Å²) in [6.07, 6.45) is 5.25. The molecule has 2 N–H and O–H groups in total. The molecule has 1 aliphatic heterocycles. The Morgan fingerprint density at radius 2 is 2.44 bits per heavy atom. The number of hydrogen-bond acceptors (Lipinski definition) is 5. The molecule has 2 heterocycles. The van der Waals surface area contributed by atoms with Crippen LogP contribution in [0.5, 0.6) is 6.01 Å². The van der Waals surface area contributed by atoms with E-state index in [0.29, 0.717) is 19.2 Å². The maximum atomic E-state index is 5.55. The first-order valence-corrected chi connectivity index (χ1v) is 5.65. The lowest BCUT2D eigenvalue weighted by atomic mass is 10.1. The van der Waals surface area contributed by atoms with Crippen molar-refractivity contribution in [2.24, 2.45) is 5.73 Å². The highest BCUT2D eigenvalue weighted by Gasteiger charge is 2.14. The van der Waals surface area contributed by atoms with Crippen molar-refractivity contribution in [1.82, 2.24) is 9.97 Å². The highest BCUT2D eigenvalue weighted by atomic mass is 16.5. The van der Waals surface area contributed by atoms with E-state index in [-0.39, 0.29) is 6.10 Å². The van der Waals surface area contributed by atoms with Gasteiger partial charge in [0.1, 0.15) is 6.61 Å². The Hall–Kier alpha value is -1.20. The zero-order chi connectivity index (χ0) is 11.2. The van der Waals surface area contributed by atoms with Crippen LogP contribution in [0.15, 0.2) is 12.3 Å². The third-order valence-electron chi connectivity index (χ3n) is 2.57. The molecule has 5 heteroatoms. The summed E-state index contributed by atoms with van der Waals surface area (Å²) in [5.74, 6) is 0. The first-order valence-electron chi connectivity index (χ1n) is 5.65. The fourth-order valence-electron chi connectivity index (χ4n) is 1.67. The van der Waals surface area contributed by atoms with Crippen LogP contribution in [-0.2, 0) is 11.3 Å². The van der Waals surface area contributed by atoms with Crippen LogP contribution in [0.25, 0.3) is 0 Å². The SMILES string of the molecule is NCc1ccnc(OCC2CCCCO2)n1. The van der Waals surface area contributed by atoms with Crippen molar-refractivity contribution >= 4 is 0 Å². The van der Waals surface area contributed by atoms with E-state index in [9.17, 15) is 0 Å². The summed E-state index contributed by atoms with van der Waals surface area (Å²) in [6, 6.07) is 2.17. The molecular weight excluding hydrogens is 206 g/mol. The maximum Gasteiger partial charge on any atom is 0.316 e. The van der Waals surface area contributed by atoms with E-state index in [1.54, 1.807) is 12.3 Å². The van der Waals surface area contributed by atoms with Gasteiger partial charge in [-0.1, -0.05) is 0 Å². The van der Waals surface area contributed by atoms with E-state index in [2.05, 4.69) is 9.97 Å². The Kier molecular flexibility index (Phi) is 4.07. The van der Waals surface area contributed by atoms with E-state index in [4.69, 9.17) is 15.2 Å². The fourth-order valence-corrected chi connectivity index (χ4v) is 1.67. The van der Waals surface area contributed by atoms with Crippen LogP contribution in [0.1, 0.15) is 25.0 Å². The monoisotopic (exact) mass is 223 g/mol. The molecule has 0 radical (unpaired) electrons. The molecule has 0 aromatic carbocycles. The Balaban J connectivity index is 1.83. The van der Waals surface area contributed by atoms with Gasteiger partial charge in [0.15, 0.2) is 0 Å². The summed E-state index contributed by atoms with van der Waals surface area (Å²) in [5.41, 5.74) is 6.27. The Morgan fingerprint density at radius 3 is 3.19 bits per heavy atom. The summed E-state index contributed by atoms with van der Waals surface area (Å²) >= 11 is 0. The van der Waals surface area contributed by atoms with Crippen LogP contribution < -0.4 is 10.5 Å². The minimum Gasteiger partial charge on any atom is -0.461 e. The summed E-state index contributed by atoms with van der Waals surface area (Å²) in [7, 11) is 0. The quantitative estimate of drug-likeness (QED) is 0.820. The summed E-state index contributed by atoms with van der Waals surface area (Å²) in [6.45, 7) is 1.75. The van der Waals surface area contributed by atoms with Gasteiger partial charge >= 0.3 is 6.01 Å². The van der Waals surface area contributed by atoms with Crippen molar-refractivity contribution in [2.45, 2.75) is 31.9 Å². The smallest absolute Gasteiger partial charge is 0.316 e. The van der Waals surface area contributed by atoms with Crippen LogP contribution in [0, 0.1) is 0 Å². The average Bonchev–Trinajstić information content (AvgIpc) is 2.38. The Labute approximate surface area is 95.0 Å². The molecule has 1 saturated heterocycles. The molecule has 0 amide bonds. The standard InChI is InChI=1S/C11H17N3O2/c12-7-9-4-5-13-11(14-9)16-8-10-3-1-2-6-15-10/h4-5,10H,1-3,6-8,12H2. The number of nitrogens with zero attached hydrogens (tertiary/aromatic N) is 2. The molecule has 88 valence electrons. The zero-order valence-corrected chi connectivity index (χ0v) is 9.26. The molecule has 1 aromatic rings. The molecule has 5 nitrogen and oxygen atoms in total. The number of ether oxygens (including phenoxy) is 2. The third-order valence-corrected chi connectivity index (χ3v) is 2.57. The molecule has 1 atom stereocenters. The lowest BCUT2D eigenvalue weighted by molar-refractivity contribution is -0.0129. The number of rotatable bonds is 4. The first kappa shape index (κ1) is 11.3. The summed E-state index contributed by atoms with van der Waals surface area (Å²) < 4.78 is 11.0. The predicted molar refractivity (Wildman–Crippen MR) is 59.0 cm³/mol. The molecule has 2 rings (SSSR count). The van der Waals surface area contributed by atoms with Crippen molar-refractivity contribution < 1.29 is 9.47 Å². The minimum absolute atomic E-state index is 0.180. The second kappa shape index (κ2) is 5.77. The average molecular weight is 223 g/mol. The first-order chi connectivity index (χ1) is 7.88. The molecule has 1 fully saturated rings. The number of nitrogens with two attached hydrogens (primary N) is 1. The number of aromatic nitrogens is 2. The summed E-state index contributed by atoms with van der Waals surface area (Å²) in [5, 5.41) is 0. The normalized spacial score (nSPS) is 20.7.